The number of H-pyrrole nitrogens is 1. The maximum Gasteiger partial charge on any atom is 0.235 e. The first-order valence-corrected chi connectivity index (χ1v) is 5.50. The second-order valence-electron chi connectivity index (χ2n) is 4.30. The van der Waals surface area contributed by atoms with Gasteiger partial charge in [0.1, 0.15) is 0 Å². The van der Waals surface area contributed by atoms with Gasteiger partial charge < -0.3 is 4.98 Å². The van der Waals surface area contributed by atoms with E-state index in [9.17, 15) is 10.1 Å². The molecular formula is C13H14N2O2. The normalized spacial score (nSPS) is 11.7. The molecule has 4 nitrogen and oxygen atoms in total. The fraction of sp³-hybridized carbons (Fsp3) is 0.231. The minimum Gasteiger partial charge on any atom is -0.361 e. The third kappa shape index (κ3) is 2.36. The first-order valence-electron chi connectivity index (χ1n) is 5.50. The van der Waals surface area contributed by atoms with Gasteiger partial charge in [-0.05, 0) is 23.6 Å². The molecule has 2 aromatic rings. The highest BCUT2D eigenvalue weighted by atomic mass is 16.6. The van der Waals surface area contributed by atoms with Gasteiger partial charge in [-0.3, -0.25) is 10.1 Å². The standard InChI is InChI=1S/C13H14N2O2/c1-9(2)10-3-4-13-12(7-10)11(8-14-13)5-6-15(16)17/h3-9,14H,1-2H3. The molecule has 2 rings (SSSR count). The summed E-state index contributed by atoms with van der Waals surface area (Å²) in [6.45, 7) is 4.25. The van der Waals surface area contributed by atoms with Crippen LogP contribution in [0, 0.1) is 10.1 Å². The van der Waals surface area contributed by atoms with Crippen LogP contribution in [-0.2, 0) is 0 Å². The van der Waals surface area contributed by atoms with E-state index in [2.05, 4.69) is 31.0 Å². The monoisotopic (exact) mass is 230 g/mol. The van der Waals surface area contributed by atoms with Gasteiger partial charge in [-0.25, -0.2) is 0 Å². The number of fused-ring (bicyclic) bond motifs is 1. The van der Waals surface area contributed by atoms with Crippen LogP contribution in [0.4, 0.5) is 0 Å². The summed E-state index contributed by atoms with van der Waals surface area (Å²) < 4.78 is 0. The van der Waals surface area contributed by atoms with Gasteiger partial charge in [-0.1, -0.05) is 19.9 Å². The molecule has 0 bridgehead atoms. The predicted molar refractivity (Wildman–Crippen MR) is 68.4 cm³/mol. The summed E-state index contributed by atoms with van der Waals surface area (Å²) >= 11 is 0. The SMILES string of the molecule is CC(C)c1ccc2[nH]cc(C=C[N+](=O)[O-])c2c1. The number of nitro groups is 1. The number of hydrogen-bond acceptors (Lipinski definition) is 2. The van der Waals surface area contributed by atoms with Gasteiger partial charge in [0.25, 0.3) is 0 Å². The Morgan fingerprint density at radius 2 is 2.18 bits per heavy atom. The highest BCUT2D eigenvalue weighted by Gasteiger charge is 2.05. The summed E-state index contributed by atoms with van der Waals surface area (Å²) in [7, 11) is 0. The molecule has 0 saturated heterocycles. The first-order chi connectivity index (χ1) is 8.08. The van der Waals surface area contributed by atoms with Gasteiger partial charge in [-0.15, -0.1) is 0 Å². The third-order valence-electron chi connectivity index (χ3n) is 2.78. The maximum absolute atomic E-state index is 10.3. The fourth-order valence-corrected chi connectivity index (χ4v) is 1.80. The van der Waals surface area contributed by atoms with E-state index in [-0.39, 0.29) is 0 Å². The largest absolute Gasteiger partial charge is 0.361 e. The Hall–Kier alpha value is -2.10. The number of benzene rings is 1. The van der Waals surface area contributed by atoms with E-state index >= 15 is 0 Å². The van der Waals surface area contributed by atoms with Crippen LogP contribution in [0.15, 0.2) is 30.6 Å². The number of rotatable bonds is 3. The summed E-state index contributed by atoms with van der Waals surface area (Å²) in [6.07, 6.45) is 4.27. The molecule has 0 aliphatic heterocycles. The number of nitrogens with one attached hydrogen (secondary N) is 1. The quantitative estimate of drug-likeness (QED) is 0.647. The lowest BCUT2D eigenvalue weighted by Crippen LogP contribution is -1.86. The van der Waals surface area contributed by atoms with Crippen LogP contribution in [-0.4, -0.2) is 9.91 Å². The van der Waals surface area contributed by atoms with Crippen molar-refractivity contribution in [2.75, 3.05) is 0 Å². The lowest BCUT2D eigenvalue weighted by atomic mass is 10.0. The van der Waals surface area contributed by atoms with E-state index in [1.54, 1.807) is 6.20 Å². The number of aromatic amines is 1. The Labute approximate surface area is 99.1 Å². The van der Waals surface area contributed by atoms with Crippen molar-refractivity contribution in [1.29, 1.82) is 0 Å². The minimum absolute atomic E-state index is 0.446. The number of aromatic nitrogens is 1. The molecule has 0 aliphatic rings. The van der Waals surface area contributed by atoms with Crippen LogP contribution in [0.5, 0.6) is 0 Å². The number of nitrogens with zero attached hydrogens (tertiary/aromatic N) is 1. The molecular weight excluding hydrogens is 216 g/mol. The molecule has 1 aromatic heterocycles. The van der Waals surface area contributed by atoms with E-state index in [1.807, 2.05) is 6.07 Å². The summed E-state index contributed by atoms with van der Waals surface area (Å²) in [5, 5.41) is 11.3. The zero-order chi connectivity index (χ0) is 12.4. The topological polar surface area (TPSA) is 58.9 Å². The predicted octanol–water partition coefficient (Wildman–Crippen LogP) is 3.54. The Balaban J connectivity index is 2.50. The average Bonchev–Trinajstić information content (AvgIpc) is 2.68. The highest BCUT2D eigenvalue weighted by molar-refractivity contribution is 5.89. The van der Waals surface area contributed by atoms with Crippen LogP contribution < -0.4 is 0 Å². The van der Waals surface area contributed by atoms with Crippen LogP contribution in [0.1, 0.15) is 30.9 Å². The highest BCUT2D eigenvalue weighted by Crippen LogP contribution is 2.24. The molecule has 0 fully saturated rings. The molecule has 0 amide bonds. The Morgan fingerprint density at radius 3 is 2.82 bits per heavy atom. The van der Waals surface area contributed by atoms with Gasteiger partial charge >= 0.3 is 0 Å². The van der Waals surface area contributed by atoms with Gasteiger partial charge in [0.2, 0.25) is 6.20 Å². The summed E-state index contributed by atoms with van der Waals surface area (Å²) in [5.74, 6) is 0.446. The van der Waals surface area contributed by atoms with Crippen LogP contribution in [0.3, 0.4) is 0 Å². The van der Waals surface area contributed by atoms with Crippen molar-refractivity contribution < 1.29 is 4.92 Å². The molecule has 0 aliphatic carbocycles. The molecule has 1 aromatic carbocycles. The number of hydrogen-bond donors (Lipinski definition) is 1. The van der Waals surface area contributed by atoms with E-state index in [0.717, 1.165) is 22.7 Å². The van der Waals surface area contributed by atoms with Crippen molar-refractivity contribution in [1.82, 2.24) is 4.98 Å². The Kier molecular flexibility index (Phi) is 2.95. The summed E-state index contributed by atoms with van der Waals surface area (Å²) in [4.78, 5) is 13.0. The lowest BCUT2D eigenvalue weighted by Gasteiger charge is -2.04. The summed E-state index contributed by atoms with van der Waals surface area (Å²) in [6, 6.07) is 6.16. The first kappa shape index (κ1) is 11.4. The molecule has 0 radical (unpaired) electrons. The minimum atomic E-state index is -0.453. The van der Waals surface area contributed by atoms with Crippen LogP contribution >= 0.6 is 0 Å². The zero-order valence-electron chi connectivity index (χ0n) is 9.81. The van der Waals surface area contributed by atoms with Crippen molar-refractivity contribution in [2.45, 2.75) is 19.8 Å². The van der Waals surface area contributed by atoms with E-state index in [0.29, 0.717) is 5.92 Å². The van der Waals surface area contributed by atoms with Gasteiger partial charge in [0, 0.05) is 28.7 Å². The van der Waals surface area contributed by atoms with E-state index in [4.69, 9.17) is 0 Å². The Morgan fingerprint density at radius 1 is 1.41 bits per heavy atom. The van der Waals surface area contributed by atoms with Crippen molar-refractivity contribution in [3.63, 3.8) is 0 Å². The third-order valence-corrected chi connectivity index (χ3v) is 2.78. The molecule has 0 spiro atoms. The van der Waals surface area contributed by atoms with Gasteiger partial charge in [-0.2, -0.15) is 0 Å². The molecule has 1 N–H and O–H groups in total. The molecule has 4 heteroatoms. The second kappa shape index (κ2) is 4.41. The van der Waals surface area contributed by atoms with E-state index in [1.165, 1.54) is 11.6 Å². The molecule has 0 unspecified atom stereocenters. The van der Waals surface area contributed by atoms with Crippen LogP contribution in [0.25, 0.3) is 17.0 Å². The van der Waals surface area contributed by atoms with Crippen molar-refractivity contribution >= 4 is 17.0 Å². The van der Waals surface area contributed by atoms with Crippen molar-refractivity contribution in [3.8, 4) is 0 Å². The molecule has 17 heavy (non-hydrogen) atoms. The zero-order valence-corrected chi connectivity index (χ0v) is 9.81. The summed E-state index contributed by atoms with van der Waals surface area (Å²) in [5.41, 5.74) is 3.07. The smallest absolute Gasteiger partial charge is 0.235 e. The lowest BCUT2D eigenvalue weighted by molar-refractivity contribution is -0.400. The Bertz CT molecular complexity index is 582. The van der Waals surface area contributed by atoms with E-state index < -0.39 is 4.92 Å². The van der Waals surface area contributed by atoms with Crippen molar-refractivity contribution in [3.05, 3.63) is 51.8 Å². The molecule has 1 heterocycles. The van der Waals surface area contributed by atoms with Gasteiger partial charge in [0.15, 0.2) is 0 Å². The van der Waals surface area contributed by atoms with Gasteiger partial charge in [0.05, 0.1) is 4.92 Å². The average molecular weight is 230 g/mol. The molecule has 0 saturated carbocycles. The van der Waals surface area contributed by atoms with Crippen LogP contribution in [0.2, 0.25) is 0 Å². The maximum atomic E-state index is 10.3. The fourth-order valence-electron chi connectivity index (χ4n) is 1.80. The second-order valence-corrected chi connectivity index (χ2v) is 4.30. The molecule has 88 valence electrons. The molecule has 0 atom stereocenters. The van der Waals surface area contributed by atoms with Crippen molar-refractivity contribution in [2.24, 2.45) is 0 Å².